The summed E-state index contributed by atoms with van der Waals surface area (Å²) >= 11 is 0. The molecule has 0 aliphatic carbocycles. The molecule has 4 rings (SSSR count). The summed E-state index contributed by atoms with van der Waals surface area (Å²) in [7, 11) is -2.67. The molecule has 0 aliphatic rings. The van der Waals surface area contributed by atoms with Crippen molar-refractivity contribution in [2.75, 3.05) is 12.4 Å². The van der Waals surface area contributed by atoms with Crippen molar-refractivity contribution in [3.8, 4) is 5.75 Å². The van der Waals surface area contributed by atoms with Gasteiger partial charge in [-0.1, -0.05) is 36.8 Å². The Morgan fingerprint density at radius 3 is 2.31 bits per heavy atom. The van der Waals surface area contributed by atoms with Crippen LogP contribution < -0.4 is 15.5 Å². The average Bonchev–Trinajstić information content (AvgIpc) is 2.86. The van der Waals surface area contributed by atoms with Gasteiger partial charge in [-0.3, -0.25) is 9.59 Å². The molecule has 0 unspecified atom stereocenters. The summed E-state index contributed by atoms with van der Waals surface area (Å²) in [5.41, 5.74) is 2.45. The molecule has 0 atom stereocenters. The van der Waals surface area contributed by atoms with E-state index in [2.05, 4.69) is 5.32 Å². The van der Waals surface area contributed by atoms with Gasteiger partial charge in [0, 0.05) is 11.9 Å². The molecule has 0 saturated heterocycles. The molecule has 0 saturated carbocycles. The topological polar surface area (TPSA) is 94.5 Å². The van der Waals surface area contributed by atoms with E-state index in [-0.39, 0.29) is 22.7 Å². The zero-order valence-corrected chi connectivity index (χ0v) is 20.6. The Morgan fingerprint density at radius 2 is 1.69 bits per heavy atom. The number of hydrogen-bond acceptors (Lipinski definition) is 5. The number of amides is 1. The van der Waals surface area contributed by atoms with Gasteiger partial charge >= 0.3 is 0 Å². The number of fused-ring (bicyclic) bond motifs is 1. The predicted octanol–water partition coefficient (Wildman–Crippen LogP) is 4.35. The number of carbonyl (C=O) groups excluding carboxylic acids is 1. The van der Waals surface area contributed by atoms with Gasteiger partial charge in [0.25, 0.3) is 0 Å². The van der Waals surface area contributed by atoms with E-state index in [0.29, 0.717) is 17.0 Å². The van der Waals surface area contributed by atoms with Gasteiger partial charge in [0.1, 0.15) is 17.2 Å². The van der Waals surface area contributed by atoms with Crippen LogP contribution in [0.15, 0.2) is 87.5 Å². The Hall–Kier alpha value is -3.91. The van der Waals surface area contributed by atoms with Gasteiger partial charge in [0.05, 0.1) is 22.9 Å². The third kappa shape index (κ3) is 4.97. The highest BCUT2D eigenvalue weighted by Gasteiger charge is 2.24. The molecular weight excluding hydrogens is 464 g/mol. The van der Waals surface area contributed by atoms with Crippen molar-refractivity contribution >= 4 is 32.3 Å². The Morgan fingerprint density at radius 1 is 1.00 bits per heavy atom. The SMILES string of the molecule is CCc1ccc(S(=O)(=O)c2cn(CC(=O)Nc3ccc(C)cc3)c3ccc(OC)cc3c2=O)cc1. The lowest BCUT2D eigenvalue weighted by Gasteiger charge is -2.15. The van der Waals surface area contributed by atoms with Crippen LogP contribution in [0.2, 0.25) is 0 Å². The maximum atomic E-state index is 13.5. The highest BCUT2D eigenvalue weighted by Crippen LogP contribution is 2.24. The highest BCUT2D eigenvalue weighted by atomic mass is 32.2. The van der Waals surface area contributed by atoms with Crippen molar-refractivity contribution in [1.82, 2.24) is 4.57 Å². The third-order valence-electron chi connectivity index (χ3n) is 5.84. The molecule has 0 radical (unpaired) electrons. The molecule has 0 fully saturated rings. The second-order valence-corrected chi connectivity index (χ2v) is 10.2. The predicted molar refractivity (Wildman–Crippen MR) is 136 cm³/mol. The van der Waals surface area contributed by atoms with Gasteiger partial charge in [0.15, 0.2) is 0 Å². The smallest absolute Gasteiger partial charge is 0.244 e. The summed E-state index contributed by atoms with van der Waals surface area (Å²) in [4.78, 5) is 25.8. The molecule has 1 heterocycles. The van der Waals surface area contributed by atoms with Crippen LogP contribution in [-0.2, 0) is 27.6 Å². The van der Waals surface area contributed by atoms with Crippen LogP contribution in [0.3, 0.4) is 0 Å². The zero-order valence-electron chi connectivity index (χ0n) is 19.7. The maximum Gasteiger partial charge on any atom is 0.244 e. The van der Waals surface area contributed by atoms with Crippen LogP contribution in [0.1, 0.15) is 18.1 Å². The van der Waals surface area contributed by atoms with Crippen molar-refractivity contribution in [2.24, 2.45) is 0 Å². The molecule has 0 spiro atoms. The molecule has 4 aromatic rings. The van der Waals surface area contributed by atoms with Crippen molar-refractivity contribution in [3.63, 3.8) is 0 Å². The van der Waals surface area contributed by atoms with E-state index in [9.17, 15) is 18.0 Å². The number of methoxy groups -OCH3 is 1. The number of aromatic nitrogens is 1. The standard InChI is InChI=1S/C27H26N2O5S/c1-4-19-7-12-22(13-8-19)35(32,33)25-16-29(17-26(30)28-20-9-5-18(2)6-10-20)24-14-11-21(34-3)15-23(24)27(25)31/h5-16H,4,17H2,1-3H3,(H,28,30). The number of hydrogen-bond donors (Lipinski definition) is 1. The van der Waals surface area contributed by atoms with E-state index in [4.69, 9.17) is 4.74 Å². The minimum absolute atomic E-state index is 0.0182. The maximum absolute atomic E-state index is 13.5. The van der Waals surface area contributed by atoms with Gasteiger partial charge in [-0.05, 0) is 61.4 Å². The highest BCUT2D eigenvalue weighted by molar-refractivity contribution is 7.91. The largest absolute Gasteiger partial charge is 0.497 e. The number of ether oxygens (including phenoxy) is 1. The Labute approximate surface area is 203 Å². The van der Waals surface area contributed by atoms with Crippen molar-refractivity contribution in [2.45, 2.75) is 36.6 Å². The van der Waals surface area contributed by atoms with E-state index < -0.39 is 20.2 Å². The van der Waals surface area contributed by atoms with Crippen LogP contribution in [0.5, 0.6) is 5.75 Å². The van der Waals surface area contributed by atoms with Crippen LogP contribution in [-0.4, -0.2) is 26.0 Å². The minimum Gasteiger partial charge on any atom is -0.497 e. The summed E-state index contributed by atoms with van der Waals surface area (Å²) in [5, 5.41) is 2.96. The average molecular weight is 491 g/mol. The van der Waals surface area contributed by atoms with Gasteiger partial charge in [0.2, 0.25) is 21.2 Å². The molecule has 0 aliphatic heterocycles. The lowest BCUT2D eigenvalue weighted by atomic mass is 10.2. The number of anilines is 1. The monoisotopic (exact) mass is 490 g/mol. The van der Waals surface area contributed by atoms with Crippen molar-refractivity contribution in [3.05, 3.63) is 94.3 Å². The second-order valence-electron chi connectivity index (χ2n) is 8.25. The Balaban J connectivity index is 1.82. The number of nitrogens with zero attached hydrogens (tertiary/aromatic N) is 1. The first-order chi connectivity index (χ1) is 16.7. The number of nitrogens with one attached hydrogen (secondary N) is 1. The number of benzene rings is 3. The fourth-order valence-corrected chi connectivity index (χ4v) is 5.19. The molecule has 180 valence electrons. The van der Waals surface area contributed by atoms with Gasteiger partial charge in [-0.15, -0.1) is 0 Å². The van der Waals surface area contributed by atoms with E-state index in [0.717, 1.165) is 17.5 Å². The minimum atomic E-state index is -4.13. The fraction of sp³-hybridized carbons (Fsp3) is 0.185. The summed E-state index contributed by atoms with van der Waals surface area (Å²) in [6.45, 7) is 3.74. The molecule has 1 N–H and O–H groups in total. The third-order valence-corrected chi connectivity index (χ3v) is 7.60. The first-order valence-corrected chi connectivity index (χ1v) is 12.6. The summed E-state index contributed by atoms with van der Waals surface area (Å²) in [6.07, 6.45) is 2.01. The quantitative estimate of drug-likeness (QED) is 0.416. The molecule has 35 heavy (non-hydrogen) atoms. The van der Waals surface area contributed by atoms with E-state index in [1.165, 1.54) is 36.1 Å². The number of pyridine rings is 1. The molecule has 7 nitrogen and oxygen atoms in total. The molecule has 3 aromatic carbocycles. The number of carbonyl (C=O) groups is 1. The van der Waals surface area contributed by atoms with Gasteiger partial charge < -0.3 is 14.6 Å². The summed E-state index contributed by atoms with van der Waals surface area (Å²) in [5.74, 6) is 0.0531. The van der Waals surface area contributed by atoms with Crippen LogP contribution >= 0.6 is 0 Å². The summed E-state index contributed by atoms with van der Waals surface area (Å²) in [6, 6.07) is 18.6. The first kappa shape index (κ1) is 24.2. The molecule has 1 aromatic heterocycles. The second kappa shape index (κ2) is 9.76. The fourth-order valence-electron chi connectivity index (χ4n) is 3.82. The van der Waals surface area contributed by atoms with E-state index in [1.807, 2.05) is 26.0 Å². The van der Waals surface area contributed by atoms with Crippen LogP contribution in [0, 0.1) is 6.92 Å². The van der Waals surface area contributed by atoms with Crippen LogP contribution in [0.25, 0.3) is 10.9 Å². The zero-order chi connectivity index (χ0) is 25.2. The number of rotatable bonds is 7. The summed E-state index contributed by atoms with van der Waals surface area (Å²) < 4.78 is 33.7. The van der Waals surface area contributed by atoms with Crippen molar-refractivity contribution < 1.29 is 17.9 Å². The van der Waals surface area contributed by atoms with Gasteiger partial charge in [-0.25, -0.2) is 8.42 Å². The van der Waals surface area contributed by atoms with E-state index in [1.54, 1.807) is 36.4 Å². The number of sulfone groups is 1. The molecule has 0 bridgehead atoms. The lowest BCUT2D eigenvalue weighted by molar-refractivity contribution is -0.116. The molecule has 8 heteroatoms. The van der Waals surface area contributed by atoms with Crippen LogP contribution in [0.4, 0.5) is 5.69 Å². The normalized spacial score (nSPS) is 11.4. The van der Waals surface area contributed by atoms with E-state index >= 15 is 0 Å². The number of aryl methyl sites for hydroxylation is 2. The van der Waals surface area contributed by atoms with Gasteiger partial charge in [-0.2, -0.15) is 0 Å². The molecule has 1 amide bonds. The van der Waals surface area contributed by atoms with Crippen molar-refractivity contribution in [1.29, 1.82) is 0 Å². The first-order valence-electron chi connectivity index (χ1n) is 11.1. The Kier molecular flexibility index (Phi) is 6.75. The lowest BCUT2D eigenvalue weighted by Crippen LogP contribution is -2.24. The molecular formula is C27H26N2O5S. The Bertz CT molecular complexity index is 1550.